The van der Waals surface area contributed by atoms with Crippen LogP contribution in [-0.2, 0) is 4.79 Å². The van der Waals surface area contributed by atoms with Crippen LogP contribution in [0.25, 0.3) is 0 Å². The topological polar surface area (TPSA) is 40.5 Å². The molecule has 0 atom stereocenters. The molecule has 0 spiro atoms. The van der Waals surface area contributed by atoms with Crippen LogP contribution in [0.3, 0.4) is 0 Å². The summed E-state index contributed by atoms with van der Waals surface area (Å²) < 4.78 is 0. The molecule has 0 amide bonds. The highest BCUT2D eigenvalue weighted by Crippen LogP contribution is 2.49. The first kappa shape index (κ1) is 12.5. The highest BCUT2D eigenvalue weighted by Gasteiger charge is 2.45. The average molecular weight is 213 g/mol. The van der Waals surface area contributed by atoms with E-state index in [0.29, 0.717) is 6.42 Å². The standard InChI is InChI=1S/C12H23NO2/c1-11(2,3)8-13(4)9-12(5-6-12)7-10(14)15/h5-9H2,1-4H3,(H,14,15). The summed E-state index contributed by atoms with van der Waals surface area (Å²) in [5.41, 5.74) is 0.375. The van der Waals surface area contributed by atoms with Gasteiger partial charge in [0.25, 0.3) is 0 Å². The molecule has 0 saturated heterocycles. The van der Waals surface area contributed by atoms with E-state index in [1.54, 1.807) is 0 Å². The number of aliphatic carboxylic acids is 1. The third-order valence-electron chi connectivity index (χ3n) is 2.83. The third-order valence-corrected chi connectivity index (χ3v) is 2.83. The molecule has 0 aromatic carbocycles. The Bertz CT molecular complexity index is 238. The molecule has 1 rings (SSSR count). The minimum atomic E-state index is -0.656. The van der Waals surface area contributed by atoms with E-state index in [2.05, 4.69) is 32.7 Å². The van der Waals surface area contributed by atoms with E-state index in [1.807, 2.05) is 0 Å². The van der Waals surface area contributed by atoms with Crippen LogP contribution < -0.4 is 0 Å². The van der Waals surface area contributed by atoms with Crippen LogP contribution in [0.5, 0.6) is 0 Å². The van der Waals surface area contributed by atoms with Crippen molar-refractivity contribution >= 4 is 5.97 Å². The maximum Gasteiger partial charge on any atom is 0.303 e. The van der Waals surface area contributed by atoms with E-state index < -0.39 is 5.97 Å². The molecule has 1 saturated carbocycles. The fourth-order valence-electron chi connectivity index (χ4n) is 2.33. The van der Waals surface area contributed by atoms with Crippen LogP contribution >= 0.6 is 0 Å². The highest BCUT2D eigenvalue weighted by molar-refractivity contribution is 5.68. The van der Waals surface area contributed by atoms with Gasteiger partial charge in [0.2, 0.25) is 0 Å². The van der Waals surface area contributed by atoms with Gasteiger partial charge in [0, 0.05) is 13.1 Å². The second-order valence-corrected chi connectivity index (χ2v) is 6.30. The minimum Gasteiger partial charge on any atom is -0.481 e. The molecule has 0 aromatic rings. The predicted octanol–water partition coefficient (Wildman–Crippen LogP) is 2.22. The van der Waals surface area contributed by atoms with Crippen molar-refractivity contribution in [3.63, 3.8) is 0 Å². The molecule has 1 fully saturated rings. The summed E-state index contributed by atoms with van der Waals surface area (Å²) in [4.78, 5) is 13.0. The van der Waals surface area contributed by atoms with E-state index in [1.165, 1.54) is 0 Å². The van der Waals surface area contributed by atoms with Crippen molar-refractivity contribution in [1.82, 2.24) is 4.90 Å². The van der Waals surface area contributed by atoms with E-state index in [0.717, 1.165) is 25.9 Å². The van der Waals surface area contributed by atoms with Gasteiger partial charge >= 0.3 is 5.97 Å². The molecule has 0 radical (unpaired) electrons. The second-order valence-electron chi connectivity index (χ2n) is 6.30. The van der Waals surface area contributed by atoms with E-state index >= 15 is 0 Å². The lowest BCUT2D eigenvalue weighted by Gasteiger charge is -2.29. The Hall–Kier alpha value is -0.570. The zero-order valence-electron chi connectivity index (χ0n) is 10.3. The number of hydrogen-bond donors (Lipinski definition) is 1. The zero-order valence-corrected chi connectivity index (χ0v) is 10.3. The molecule has 0 aromatic heterocycles. The Morgan fingerprint density at radius 1 is 1.40 bits per heavy atom. The number of carboxylic acid groups (broad SMARTS) is 1. The molecule has 3 nitrogen and oxygen atoms in total. The van der Waals surface area contributed by atoms with Crippen LogP contribution in [0.2, 0.25) is 0 Å². The first-order chi connectivity index (χ1) is 6.72. The molecule has 1 aliphatic rings. The Balaban J connectivity index is 2.38. The number of hydrogen-bond acceptors (Lipinski definition) is 2. The van der Waals surface area contributed by atoms with Gasteiger partial charge in [0.1, 0.15) is 0 Å². The first-order valence-corrected chi connectivity index (χ1v) is 5.63. The van der Waals surface area contributed by atoms with E-state index in [4.69, 9.17) is 5.11 Å². The molecule has 0 heterocycles. The van der Waals surface area contributed by atoms with Gasteiger partial charge < -0.3 is 10.0 Å². The summed E-state index contributed by atoms with van der Waals surface area (Å²) >= 11 is 0. The predicted molar refractivity (Wildman–Crippen MR) is 60.9 cm³/mol. The smallest absolute Gasteiger partial charge is 0.303 e. The van der Waals surface area contributed by atoms with E-state index in [-0.39, 0.29) is 10.8 Å². The van der Waals surface area contributed by atoms with Crippen molar-refractivity contribution in [3.05, 3.63) is 0 Å². The molecule has 1 aliphatic carbocycles. The summed E-state index contributed by atoms with van der Waals surface area (Å²) in [6, 6.07) is 0. The van der Waals surface area contributed by atoms with Gasteiger partial charge in [-0.05, 0) is 30.7 Å². The summed E-state index contributed by atoms with van der Waals surface area (Å²) in [5.74, 6) is -0.656. The maximum atomic E-state index is 10.7. The number of carboxylic acids is 1. The molecule has 0 unspecified atom stereocenters. The Morgan fingerprint density at radius 3 is 2.27 bits per heavy atom. The SMILES string of the molecule is CN(CC(C)(C)C)CC1(CC(=O)O)CC1. The normalized spacial score (nSPS) is 19.3. The molecule has 1 N–H and O–H groups in total. The van der Waals surface area contributed by atoms with Crippen LogP contribution in [0.15, 0.2) is 0 Å². The van der Waals surface area contributed by atoms with Crippen LogP contribution in [-0.4, -0.2) is 36.1 Å². The molecule has 15 heavy (non-hydrogen) atoms. The Kier molecular flexibility index (Phi) is 3.44. The molecule has 0 aliphatic heterocycles. The van der Waals surface area contributed by atoms with Gasteiger partial charge in [-0.2, -0.15) is 0 Å². The van der Waals surface area contributed by atoms with Crippen molar-refractivity contribution < 1.29 is 9.90 Å². The zero-order chi connectivity index (χ0) is 11.7. The fraction of sp³-hybridized carbons (Fsp3) is 0.917. The molecule has 3 heteroatoms. The number of nitrogens with zero attached hydrogens (tertiary/aromatic N) is 1. The molecule has 88 valence electrons. The van der Waals surface area contributed by atoms with Gasteiger partial charge in [-0.1, -0.05) is 20.8 Å². The summed E-state index contributed by atoms with van der Waals surface area (Å²) in [5, 5.41) is 8.82. The minimum absolute atomic E-state index is 0.0891. The second kappa shape index (κ2) is 4.12. The Morgan fingerprint density at radius 2 is 1.93 bits per heavy atom. The van der Waals surface area contributed by atoms with Crippen LogP contribution in [0.4, 0.5) is 0 Å². The lowest BCUT2D eigenvalue weighted by atomic mass is 9.95. The Labute approximate surface area is 92.5 Å². The van der Waals surface area contributed by atoms with E-state index in [9.17, 15) is 4.79 Å². The summed E-state index contributed by atoms with van der Waals surface area (Å²) in [6.45, 7) is 8.58. The van der Waals surface area contributed by atoms with Crippen molar-refractivity contribution in [2.24, 2.45) is 10.8 Å². The van der Waals surface area contributed by atoms with Crippen molar-refractivity contribution in [2.45, 2.75) is 40.0 Å². The van der Waals surface area contributed by atoms with Crippen molar-refractivity contribution in [2.75, 3.05) is 20.1 Å². The van der Waals surface area contributed by atoms with Crippen molar-refractivity contribution in [3.8, 4) is 0 Å². The fourth-order valence-corrected chi connectivity index (χ4v) is 2.33. The summed E-state index contributed by atoms with van der Waals surface area (Å²) in [6.07, 6.45) is 2.49. The highest BCUT2D eigenvalue weighted by atomic mass is 16.4. The van der Waals surface area contributed by atoms with Gasteiger partial charge in [0.05, 0.1) is 6.42 Å². The molecular formula is C12H23NO2. The number of carbonyl (C=O) groups is 1. The summed E-state index contributed by atoms with van der Waals surface area (Å²) in [7, 11) is 2.09. The third kappa shape index (κ3) is 4.65. The van der Waals surface area contributed by atoms with Crippen molar-refractivity contribution in [1.29, 1.82) is 0 Å². The molecule has 0 bridgehead atoms. The maximum absolute atomic E-state index is 10.7. The van der Waals surface area contributed by atoms with Gasteiger partial charge in [-0.3, -0.25) is 4.79 Å². The van der Waals surface area contributed by atoms with Gasteiger partial charge in [-0.25, -0.2) is 0 Å². The average Bonchev–Trinajstić information content (AvgIpc) is 2.61. The largest absolute Gasteiger partial charge is 0.481 e. The number of rotatable bonds is 5. The lowest BCUT2D eigenvalue weighted by molar-refractivity contribution is -0.138. The van der Waals surface area contributed by atoms with Gasteiger partial charge in [-0.15, -0.1) is 0 Å². The van der Waals surface area contributed by atoms with Crippen LogP contribution in [0.1, 0.15) is 40.0 Å². The monoisotopic (exact) mass is 213 g/mol. The lowest BCUT2D eigenvalue weighted by Crippen LogP contribution is -2.34. The molecular weight excluding hydrogens is 190 g/mol. The quantitative estimate of drug-likeness (QED) is 0.761. The first-order valence-electron chi connectivity index (χ1n) is 5.63. The van der Waals surface area contributed by atoms with Gasteiger partial charge in [0.15, 0.2) is 0 Å². The van der Waals surface area contributed by atoms with Crippen LogP contribution in [0, 0.1) is 10.8 Å².